The lowest BCUT2D eigenvalue weighted by Crippen LogP contribution is -2.41. The van der Waals surface area contributed by atoms with Crippen molar-refractivity contribution in [2.24, 2.45) is 0 Å². The number of rotatable bonds is 2. The number of hydrogen-bond acceptors (Lipinski definition) is 5. The summed E-state index contributed by atoms with van der Waals surface area (Å²) in [6, 6.07) is 5.84. The molecule has 0 spiro atoms. The van der Waals surface area contributed by atoms with Gasteiger partial charge in [0.2, 0.25) is 0 Å². The van der Waals surface area contributed by atoms with Gasteiger partial charge in [0.15, 0.2) is 0 Å². The molecule has 0 atom stereocenters. The van der Waals surface area contributed by atoms with Crippen LogP contribution in [0.3, 0.4) is 0 Å². The molecule has 1 fully saturated rings. The smallest absolute Gasteiger partial charge is 0.398 e. The maximum absolute atomic E-state index is 6.02. The highest BCUT2D eigenvalue weighted by Crippen LogP contribution is 2.36. The Morgan fingerprint density at radius 3 is 2.35 bits per heavy atom. The van der Waals surface area contributed by atoms with Crippen LogP contribution in [-0.4, -0.2) is 28.3 Å². The summed E-state index contributed by atoms with van der Waals surface area (Å²) >= 11 is 1.56. The molecule has 0 radical (unpaired) electrons. The average Bonchev–Trinajstić information content (AvgIpc) is 2.97. The fourth-order valence-corrected chi connectivity index (χ4v) is 2.57. The highest BCUT2D eigenvalue weighted by Gasteiger charge is 2.52. The van der Waals surface area contributed by atoms with E-state index in [1.807, 2.05) is 51.3 Å². The molecule has 2 aromatic rings. The van der Waals surface area contributed by atoms with E-state index in [0.717, 1.165) is 17.0 Å². The van der Waals surface area contributed by atoms with E-state index >= 15 is 0 Å². The van der Waals surface area contributed by atoms with Gasteiger partial charge in [0.05, 0.1) is 33.7 Å². The van der Waals surface area contributed by atoms with E-state index in [9.17, 15) is 0 Å². The molecule has 1 saturated heterocycles. The zero-order chi connectivity index (χ0) is 14.4. The third-order valence-corrected chi connectivity index (χ3v) is 4.55. The molecule has 4 nitrogen and oxygen atoms in total. The summed E-state index contributed by atoms with van der Waals surface area (Å²) in [6.45, 7) is 8.16. The van der Waals surface area contributed by atoms with Gasteiger partial charge in [-0.15, -0.1) is 11.3 Å². The molecule has 0 unspecified atom stereocenters. The number of nitrogens with zero attached hydrogens (tertiary/aromatic N) is 2. The first-order valence-electron chi connectivity index (χ1n) is 6.60. The van der Waals surface area contributed by atoms with Crippen LogP contribution in [0.2, 0.25) is 0 Å². The Kier molecular flexibility index (Phi) is 3.19. The fourth-order valence-electron chi connectivity index (χ4n) is 2.03. The second-order valence-corrected chi connectivity index (χ2v) is 6.63. The van der Waals surface area contributed by atoms with Crippen LogP contribution in [0.4, 0.5) is 0 Å². The van der Waals surface area contributed by atoms with Crippen LogP contribution < -0.4 is 5.59 Å². The molecule has 0 N–H and O–H groups in total. The van der Waals surface area contributed by atoms with Crippen molar-refractivity contribution in [2.75, 3.05) is 0 Å². The van der Waals surface area contributed by atoms with E-state index in [-0.39, 0.29) is 11.2 Å². The summed E-state index contributed by atoms with van der Waals surface area (Å²) in [6.07, 6.45) is 0. The maximum atomic E-state index is 6.02. The molecule has 0 saturated carbocycles. The number of thiazole rings is 1. The van der Waals surface area contributed by atoms with Crippen LogP contribution in [0.1, 0.15) is 27.7 Å². The van der Waals surface area contributed by atoms with Gasteiger partial charge < -0.3 is 9.31 Å². The van der Waals surface area contributed by atoms with Gasteiger partial charge in [-0.25, -0.2) is 4.98 Å². The molecule has 1 aliphatic heterocycles. The van der Waals surface area contributed by atoms with Gasteiger partial charge in [0.1, 0.15) is 0 Å². The third-order valence-electron chi connectivity index (χ3n) is 3.96. The highest BCUT2D eigenvalue weighted by molar-refractivity contribution is 7.07. The Balaban J connectivity index is 1.91. The summed E-state index contributed by atoms with van der Waals surface area (Å²) in [5, 5.41) is 1.98. The molecule has 0 aliphatic carbocycles. The standard InChI is InChI=1S/C14H17BN2O2S/c1-13(2)14(3,4)19-15(18-13)12-7-5-6-10(17-12)11-8-20-9-16-11/h5-9H,1-4H3. The first-order valence-corrected chi connectivity index (χ1v) is 7.54. The monoisotopic (exact) mass is 288 g/mol. The minimum atomic E-state index is -0.432. The number of pyridine rings is 1. The largest absolute Gasteiger partial charge is 0.514 e. The molecule has 0 amide bonds. The molecule has 1 aliphatic rings. The molecule has 0 aromatic carbocycles. The van der Waals surface area contributed by atoms with E-state index in [1.165, 1.54) is 0 Å². The minimum Gasteiger partial charge on any atom is -0.398 e. The van der Waals surface area contributed by atoms with Gasteiger partial charge in [-0.2, -0.15) is 0 Å². The van der Waals surface area contributed by atoms with E-state index in [1.54, 1.807) is 16.8 Å². The molecule has 20 heavy (non-hydrogen) atoms. The molecule has 3 rings (SSSR count). The van der Waals surface area contributed by atoms with Crippen LogP contribution >= 0.6 is 11.3 Å². The molecular weight excluding hydrogens is 271 g/mol. The second kappa shape index (κ2) is 4.65. The lowest BCUT2D eigenvalue weighted by atomic mass is 9.84. The van der Waals surface area contributed by atoms with Crippen molar-refractivity contribution < 1.29 is 9.31 Å². The predicted octanol–water partition coefficient (Wildman–Crippen LogP) is 2.50. The van der Waals surface area contributed by atoms with Crippen molar-refractivity contribution in [1.82, 2.24) is 9.97 Å². The Morgan fingerprint density at radius 1 is 1.05 bits per heavy atom. The van der Waals surface area contributed by atoms with Crippen LogP contribution in [0.15, 0.2) is 29.1 Å². The van der Waals surface area contributed by atoms with Gasteiger partial charge >= 0.3 is 7.12 Å². The van der Waals surface area contributed by atoms with Crippen molar-refractivity contribution in [3.63, 3.8) is 0 Å². The van der Waals surface area contributed by atoms with E-state index in [0.29, 0.717) is 0 Å². The molecule has 6 heteroatoms. The Labute approximate surface area is 123 Å². The van der Waals surface area contributed by atoms with Crippen molar-refractivity contribution in [3.8, 4) is 11.4 Å². The highest BCUT2D eigenvalue weighted by atomic mass is 32.1. The van der Waals surface area contributed by atoms with Crippen LogP contribution in [0.5, 0.6) is 0 Å². The summed E-state index contributed by atoms with van der Waals surface area (Å²) < 4.78 is 12.0. The quantitative estimate of drug-likeness (QED) is 0.796. The lowest BCUT2D eigenvalue weighted by molar-refractivity contribution is 0.00578. The van der Waals surface area contributed by atoms with Gasteiger partial charge in [-0.05, 0) is 39.8 Å². The normalized spacial score (nSPS) is 20.3. The summed E-state index contributed by atoms with van der Waals surface area (Å²) in [4.78, 5) is 8.91. The second-order valence-electron chi connectivity index (χ2n) is 5.91. The Morgan fingerprint density at radius 2 is 1.75 bits per heavy atom. The third kappa shape index (κ3) is 2.28. The van der Waals surface area contributed by atoms with E-state index in [4.69, 9.17) is 9.31 Å². The summed E-state index contributed by atoms with van der Waals surface area (Å²) in [5.74, 6) is 0. The van der Waals surface area contributed by atoms with Crippen molar-refractivity contribution in [2.45, 2.75) is 38.9 Å². The number of aromatic nitrogens is 2. The topological polar surface area (TPSA) is 44.2 Å². The molecule has 2 aromatic heterocycles. The SMILES string of the molecule is CC1(C)OB(c2cccc(-c3cscn3)n2)OC1(C)C. The van der Waals surface area contributed by atoms with Crippen LogP contribution in [0.25, 0.3) is 11.4 Å². The van der Waals surface area contributed by atoms with Crippen LogP contribution in [-0.2, 0) is 9.31 Å². The lowest BCUT2D eigenvalue weighted by Gasteiger charge is -2.32. The molecule has 0 bridgehead atoms. The van der Waals surface area contributed by atoms with Crippen molar-refractivity contribution >= 4 is 24.0 Å². The summed E-state index contributed by atoms with van der Waals surface area (Å²) in [7, 11) is -0.432. The van der Waals surface area contributed by atoms with Crippen molar-refractivity contribution in [1.29, 1.82) is 0 Å². The zero-order valence-electron chi connectivity index (χ0n) is 12.1. The van der Waals surface area contributed by atoms with Gasteiger partial charge in [0, 0.05) is 5.38 Å². The van der Waals surface area contributed by atoms with Crippen molar-refractivity contribution in [3.05, 3.63) is 29.1 Å². The van der Waals surface area contributed by atoms with E-state index in [2.05, 4.69) is 9.97 Å². The predicted molar refractivity (Wildman–Crippen MR) is 81.1 cm³/mol. The first-order chi connectivity index (χ1) is 9.39. The molecule has 104 valence electrons. The van der Waals surface area contributed by atoms with Crippen LogP contribution in [0, 0.1) is 0 Å². The zero-order valence-corrected chi connectivity index (χ0v) is 12.9. The number of hydrogen-bond donors (Lipinski definition) is 0. The van der Waals surface area contributed by atoms with E-state index < -0.39 is 7.12 Å². The Hall–Kier alpha value is -1.24. The first kappa shape index (κ1) is 13.7. The molecule has 3 heterocycles. The van der Waals surface area contributed by atoms with Gasteiger partial charge in [0.25, 0.3) is 0 Å². The minimum absolute atomic E-state index is 0.351. The maximum Gasteiger partial charge on any atom is 0.514 e. The van der Waals surface area contributed by atoms with Gasteiger partial charge in [-0.3, -0.25) is 4.98 Å². The fraction of sp³-hybridized carbons (Fsp3) is 0.429. The van der Waals surface area contributed by atoms with Gasteiger partial charge in [-0.1, -0.05) is 6.07 Å². The average molecular weight is 288 g/mol. The Bertz CT molecular complexity index is 597. The molecular formula is C14H17BN2O2S. The summed E-state index contributed by atoms with van der Waals surface area (Å²) in [5.41, 5.74) is 3.62.